The summed E-state index contributed by atoms with van der Waals surface area (Å²) in [6.45, 7) is 0. The van der Waals surface area contributed by atoms with Gasteiger partial charge in [0.15, 0.2) is 0 Å². The fourth-order valence-electron chi connectivity index (χ4n) is 7.61. The first-order valence-corrected chi connectivity index (χ1v) is 25.4. The molecule has 0 saturated heterocycles. The fourth-order valence-corrected chi connectivity index (χ4v) is 17.7. The summed E-state index contributed by atoms with van der Waals surface area (Å²) in [5.41, 5.74) is 11.3. The molecule has 6 aromatic rings. The van der Waals surface area contributed by atoms with Crippen molar-refractivity contribution in [2.75, 3.05) is 25.0 Å². The Kier molecular flexibility index (Phi) is 10.6. The topological polar surface area (TPSA) is 0 Å². The lowest BCUT2D eigenvalue weighted by Crippen LogP contribution is -2.04. The first-order chi connectivity index (χ1) is 25.5. The van der Waals surface area contributed by atoms with E-state index in [0.29, 0.717) is 0 Å². The van der Waals surface area contributed by atoms with Crippen molar-refractivity contribution in [3.8, 4) is 11.1 Å². The van der Waals surface area contributed by atoms with Gasteiger partial charge in [-0.2, -0.15) is 0 Å². The van der Waals surface area contributed by atoms with Gasteiger partial charge < -0.3 is 0 Å². The lowest BCUT2D eigenvalue weighted by atomic mass is 9.85. The monoisotopic (exact) mass is 820 g/mol. The Morgan fingerprint density at radius 1 is 0.423 bits per heavy atom. The average Bonchev–Trinajstić information content (AvgIpc) is 3.82. The predicted octanol–water partition coefficient (Wildman–Crippen LogP) is 15.2. The van der Waals surface area contributed by atoms with E-state index < -0.39 is 0 Å². The van der Waals surface area contributed by atoms with Crippen LogP contribution >= 0.6 is 94.1 Å². The van der Waals surface area contributed by atoms with Gasteiger partial charge in [-0.3, -0.25) is 0 Å². The van der Waals surface area contributed by atoms with Gasteiger partial charge in [0.1, 0.15) is 0 Å². The maximum atomic E-state index is 2.56. The van der Waals surface area contributed by atoms with E-state index in [-0.39, 0.29) is 0 Å². The number of benzene rings is 6. The van der Waals surface area contributed by atoms with Crippen molar-refractivity contribution in [2.24, 2.45) is 0 Å². The zero-order chi connectivity index (χ0) is 35.3. The van der Waals surface area contributed by atoms with E-state index in [1.165, 1.54) is 102 Å². The van der Waals surface area contributed by atoms with Crippen LogP contribution in [0.25, 0.3) is 43.4 Å². The minimum Gasteiger partial charge on any atom is -0.121 e. The van der Waals surface area contributed by atoms with Gasteiger partial charge in [-0.05, 0) is 134 Å². The first-order valence-electron chi connectivity index (χ1n) is 17.2. The smallest absolute Gasteiger partial charge is 0.0657 e. The molecule has 0 unspecified atom stereocenters. The highest BCUT2D eigenvalue weighted by Crippen LogP contribution is 2.59. The van der Waals surface area contributed by atoms with E-state index in [0.717, 1.165) is 25.7 Å². The molecular weight excluding hydrogens is 785 g/mol. The molecule has 0 N–H and O–H groups in total. The third kappa shape index (κ3) is 6.72. The summed E-state index contributed by atoms with van der Waals surface area (Å²) >= 11 is 15.5. The van der Waals surface area contributed by atoms with Gasteiger partial charge in [-0.1, -0.05) is 138 Å². The molecule has 0 nitrogen and oxygen atoms in total. The van der Waals surface area contributed by atoms with E-state index in [4.69, 9.17) is 0 Å². The Morgan fingerprint density at radius 2 is 0.904 bits per heavy atom. The highest BCUT2D eigenvalue weighted by molar-refractivity contribution is 8.41. The minimum atomic E-state index is 0.924. The molecule has 2 aliphatic heterocycles. The van der Waals surface area contributed by atoms with Gasteiger partial charge in [0.2, 0.25) is 0 Å². The molecule has 260 valence electrons. The summed E-state index contributed by atoms with van der Waals surface area (Å²) in [6, 6.07) is 37.8. The Balaban J connectivity index is 1.26. The molecule has 0 radical (unpaired) electrons. The van der Waals surface area contributed by atoms with E-state index in [1.54, 1.807) is 0 Å². The van der Waals surface area contributed by atoms with Crippen LogP contribution in [0.3, 0.4) is 0 Å². The highest BCUT2D eigenvalue weighted by Gasteiger charge is 2.27. The fraction of sp³-hybridized carbons (Fsp3) is 0.182. The molecule has 4 bridgehead atoms. The number of thioether (sulfide) groups is 8. The summed E-state index contributed by atoms with van der Waals surface area (Å²) in [7, 11) is 0. The van der Waals surface area contributed by atoms with E-state index >= 15 is 0 Å². The third-order valence-electron chi connectivity index (χ3n) is 10.0. The molecule has 2 heterocycles. The predicted molar refractivity (Wildman–Crippen MR) is 249 cm³/mol. The molecule has 0 atom stereocenters. The normalized spacial score (nSPS) is 17.0. The second-order valence-corrected chi connectivity index (χ2v) is 22.0. The van der Waals surface area contributed by atoms with Crippen LogP contribution in [0.4, 0.5) is 0 Å². The second-order valence-electron chi connectivity index (χ2n) is 13.1. The lowest BCUT2D eigenvalue weighted by Gasteiger charge is -2.21. The molecule has 4 aliphatic carbocycles. The van der Waals surface area contributed by atoms with Crippen LogP contribution in [0, 0.1) is 0 Å². The summed E-state index contributed by atoms with van der Waals surface area (Å²) < 4.78 is 8.66. The van der Waals surface area contributed by atoms with E-state index in [2.05, 4.69) is 122 Å². The van der Waals surface area contributed by atoms with Gasteiger partial charge >= 0.3 is 0 Å². The second kappa shape index (κ2) is 15.3. The van der Waals surface area contributed by atoms with Gasteiger partial charge in [0.25, 0.3) is 0 Å². The molecule has 6 aromatic carbocycles. The zero-order valence-corrected chi connectivity index (χ0v) is 35.9. The molecule has 12 rings (SSSR count). The van der Waals surface area contributed by atoms with Crippen molar-refractivity contribution in [3.05, 3.63) is 156 Å². The summed E-state index contributed by atoms with van der Waals surface area (Å²) in [6.07, 6.45) is 12.6. The van der Waals surface area contributed by atoms with Crippen LogP contribution in [0.1, 0.15) is 22.3 Å². The molecular formula is C44H36S8. The molecule has 0 amide bonds. The first kappa shape index (κ1) is 35.8. The van der Waals surface area contributed by atoms with Crippen LogP contribution in [0.2, 0.25) is 0 Å². The Labute approximate surface area is 341 Å². The molecule has 0 aromatic heterocycles. The Bertz CT molecular complexity index is 2470. The summed E-state index contributed by atoms with van der Waals surface area (Å²) in [5.74, 6) is 0. The molecule has 0 fully saturated rings. The lowest BCUT2D eigenvalue weighted by molar-refractivity contribution is 1.00. The Morgan fingerprint density at radius 3 is 1.48 bits per heavy atom. The van der Waals surface area contributed by atoms with Crippen molar-refractivity contribution in [2.45, 2.75) is 25.7 Å². The number of hydrogen-bond donors (Lipinski definition) is 0. The minimum absolute atomic E-state index is 0.924. The summed E-state index contributed by atoms with van der Waals surface area (Å²) in [4.78, 5) is 0. The number of hydrogen-bond acceptors (Lipinski definition) is 8. The van der Waals surface area contributed by atoms with Crippen LogP contribution < -0.4 is 0 Å². The number of rotatable bonds is 5. The maximum Gasteiger partial charge on any atom is 0.0657 e. The molecule has 6 aliphatic rings. The van der Waals surface area contributed by atoms with Crippen LogP contribution in [0.5, 0.6) is 0 Å². The van der Waals surface area contributed by atoms with Gasteiger partial charge in [0, 0.05) is 0 Å². The molecule has 8 heteroatoms. The molecule has 52 heavy (non-hydrogen) atoms. The van der Waals surface area contributed by atoms with Crippen LogP contribution in [-0.4, -0.2) is 25.0 Å². The van der Waals surface area contributed by atoms with Crippen molar-refractivity contribution in [3.63, 3.8) is 0 Å². The molecule has 0 spiro atoms. The summed E-state index contributed by atoms with van der Waals surface area (Å²) in [5, 5.41) is 8.08. The third-order valence-corrected chi connectivity index (χ3v) is 20.8. The highest BCUT2D eigenvalue weighted by atomic mass is 32.3. The van der Waals surface area contributed by atoms with Crippen molar-refractivity contribution < 1.29 is 0 Å². The van der Waals surface area contributed by atoms with Crippen molar-refractivity contribution in [1.82, 2.24) is 0 Å². The van der Waals surface area contributed by atoms with Gasteiger partial charge in [0.05, 0.1) is 25.4 Å². The van der Waals surface area contributed by atoms with Crippen LogP contribution in [0.15, 0.2) is 134 Å². The standard InChI is InChI=1S/C44H36S8/c1-45-41-42(46-2)50-39(49-41)32-19-25-11-13-26(14-12-25)20-33(40-51-43(47-3)44(48-4)52-40)23-30-16-15-27(21-32)22-35(30)36-24-31-9-5-7-28-17-18-29-8-6-10-34(36)38(29)37(28)31/h5-18,22,24H,19-21,23H2,1-4H3. The number of allylic oxidation sites excluding steroid dienone is 2. The largest absolute Gasteiger partial charge is 0.121 e. The van der Waals surface area contributed by atoms with Gasteiger partial charge in [-0.15, -0.1) is 47.0 Å². The SMILES string of the molecule is CSC1=C(SC)SC(=C2Cc3ccc(cc3)CC(=C3SC(SC)=C(SC)S3)Cc3ccc(cc3-c3cc4cccc5ccc6cccc3c6c54)C2)S1. The maximum absolute atomic E-state index is 2.56. The average molecular weight is 821 g/mol. The zero-order valence-electron chi connectivity index (χ0n) is 29.3. The van der Waals surface area contributed by atoms with Crippen LogP contribution in [-0.2, 0) is 25.7 Å². The van der Waals surface area contributed by atoms with E-state index in [9.17, 15) is 0 Å². The van der Waals surface area contributed by atoms with E-state index in [1.807, 2.05) is 94.1 Å². The van der Waals surface area contributed by atoms with Crippen molar-refractivity contribution in [1.29, 1.82) is 0 Å². The quantitative estimate of drug-likeness (QED) is 0.156. The van der Waals surface area contributed by atoms with Gasteiger partial charge in [-0.25, -0.2) is 0 Å². The molecule has 0 saturated carbocycles. The Hall–Kier alpha value is -1.88. The van der Waals surface area contributed by atoms with Crippen molar-refractivity contribution >= 4 is 126 Å².